The second-order valence-corrected chi connectivity index (χ2v) is 5.41. The Morgan fingerprint density at radius 3 is 2.36 bits per heavy atom. The Morgan fingerprint density at radius 1 is 1.14 bits per heavy atom. The predicted molar refractivity (Wildman–Crippen MR) is 81.1 cm³/mol. The lowest BCUT2D eigenvalue weighted by molar-refractivity contribution is 0.0316. The Hall–Kier alpha value is -2.43. The molecule has 0 aliphatic carbocycles. The van der Waals surface area contributed by atoms with E-state index in [4.69, 9.17) is 9.26 Å². The minimum atomic E-state index is -0.872. The zero-order valence-electron chi connectivity index (χ0n) is 13.4. The molecule has 1 heterocycles. The van der Waals surface area contributed by atoms with Gasteiger partial charge in [-0.05, 0) is 51.8 Å². The van der Waals surface area contributed by atoms with Gasteiger partial charge in [0.05, 0.1) is 5.69 Å². The van der Waals surface area contributed by atoms with Crippen LogP contribution in [0.3, 0.4) is 0 Å². The number of ketones is 1. The van der Waals surface area contributed by atoms with Crippen molar-refractivity contribution in [2.24, 2.45) is 0 Å². The molecule has 0 saturated carbocycles. The SMILES string of the molecule is Cc1ccc(C(=O)C(C)OC(=O)c2c(C)noc2C)cc1C. The van der Waals surface area contributed by atoms with E-state index in [9.17, 15) is 9.59 Å². The molecule has 1 atom stereocenters. The summed E-state index contributed by atoms with van der Waals surface area (Å²) in [5, 5.41) is 3.71. The molecule has 0 aliphatic rings. The highest BCUT2D eigenvalue weighted by Crippen LogP contribution is 2.17. The highest BCUT2D eigenvalue weighted by Gasteiger charge is 2.25. The van der Waals surface area contributed by atoms with E-state index in [2.05, 4.69) is 5.16 Å². The van der Waals surface area contributed by atoms with Gasteiger partial charge in [-0.3, -0.25) is 4.79 Å². The molecule has 0 saturated heterocycles. The van der Waals surface area contributed by atoms with Crippen LogP contribution in [0, 0.1) is 27.7 Å². The zero-order valence-corrected chi connectivity index (χ0v) is 13.4. The summed E-state index contributed by atoms with van der Waals surface area (Å²) in [4.78, 5) is 24.5. The summed E-state index contributed by atoms with van der Waals surface area (Å²) in [5.41, 5.74) is 3.39. The molecule has 0 bridgehead atoms. The van der Waals surface area contributed by atoms with Crippen LogP contribution in [-0.4, -0.2) is 23.0 Å². The lowest BCUT2D eigenvalue weighted by Crippen LogP contribution is -2.25. The second kappa shape index (κ2) is 6.13. The highest BCUT2D eigenvalue weighted by atomic mass is 16.5. The maximum atomic E-state index is 12.4. The van der Waals surface area contributed by atoms with Crippen LogP contribution >= 0.6 is 0 Å². The van der Waals surface area contributed by atoms with Crippen molar-refractivity contribution in [2.75, 3.05) is 0 Å². The molecule has 0 aliphatic heterocycles. The van der Waals surface area contributed by atoms with E-state index in [1.165, 1.54) is 0 Å². The Balaban J connectivity index is 2.14. The number of aryl methyl sites for hydroxylation is 4. The first kappa shape index (κ1) is 15.9. The molecule has 0 N–H and O–H groups in total. The minimum absolute atomic E-state index is 0.233. The van der Waals surface area contributed by atoms with Crippen LogP contribution in [0.2, 0.25) is 0 Å². The summed E-state index contributed by atoms with van der Waals surface area (Å²) in [7, 11) is 0. The third-order valence-electron chi connectivity index (χ3n) is 3.68. The third-order valence-corrected chi connectivity index (χ3v) is 3.68. The summed E-state index contributed by atoms with van der Waals surface area (Å²) in [6, 6.07) is 5.42. The molecule has 2 rings (SSSR count). The average Bonchev–Trinajstić information content (AvgIpc) is 2.80. The molecule has 5 heteroatoms. The smallest absolute Gasteiger partial charge is 0.344 e. The van der Waals surface area contributed by atoms with Crippen LogP contribution < -0.4 is 0 Å². The van der Waals surface area contributed by atoms with E-state index in [0.29, 0.717) is 17.0 Å². The molecule has 22 heavy (non-hydrogen) atoms. The number of hydrogen-bond acceptors (Lipinski definition) is 5. The van der Waals surface area contributed by atoms with Crippen LogP contribution in [0.1, 0.15) is 50.2 Å². The van der Waals surface area contributed by atoms with E-state index in [-0.39, 0.29) is 11.3 Å². The van der Waals surface area contributed by atoms with Gasteiger partial charge in [0, 0.05) is 5.56 Å². The normalized spacial score (nSPS) is 12.0. The number of ether oxygens (including phenoxy) is 1. The van der Waals surface area contributed by atoms with Gasteiger partial charge >= 0.3 is 5.97 Å². The first-order valence-electron chi connectivity index (χ1n) is 7.06. The number of benzene rings is 1. The van der Waals surface area contributed by atoms with Gasteiger partial charge in [0.1, 0.15) is 11.3 Å². The molecule has 116 valence electrons. The van der Waals surface area contributed by atoms with Crippen LogP contribution in [0.5, 0.6) is 0 Å². The van der Waals surface area contributed by atoms with Gasteiger partial charge in [0.25, 0.3) is 0 Å². The van der Waals surface area contributed by atoms with Crippen molar-refractivity contribution in [3.8, 4) is 0 Å². The van der Waals surface area contributed by atoms with E-state index >= 15 is 0 Å². The van der Waals surface area contributed by atoms with E-state index in [1.807, 2.05) is 19.9 Å². The van der Waals surface area contributed by atoms with Gasteiger partial charge in [-0.15, -0.1) is 0 Å². The Kier molecular flexibility index (Phi) is 4.45. The van der Waals surface area contributed by atoms with Gasteiger partial charge < -0.3 is 9.26 Å². The van der Waals surface area contributed by atoms with Gasteiger partial charge in [-0.1, -0.05) is 17.3 Å². The van der Waals surface area contributed by atoms with Gasteiger partial charge in [0.2, 0.25) is 5.78 Å². The van der Waals surface area contributed by atoms with Crippen molar-refractivity contribution >= 4 is 11.8 Å². The third kappa shape index (κ3) is 3.08. The van der Waals surface area contributed by atoms with E-state index < -0.39 is 12.1 Å². The monoisotopic (exact) mass is 301 g/mol. The van der Waals surface area contributed by atoms with Crippen molar-refractivity contribution in [1.82, 2.24) is 5.16 Å². The van der Waals surface area contributed by atoms with Gasteiger partial charge in [0.15, 0.2) is 6.10 Å². The molecule has 0 amide bonds. The first-order chi connectivity index (χ1) is 10.3. The van der Waals surface area contributed by atoms with Crippen LogP contribution in [0.25, 0.3) is 0 Å². The number of Topliss-reactive ketones (excluding diaryl/α,β-unsaturated/α-hetero) is 1. The number of hydrogen-bond donors (Lipinski definition) is 0. The maximum Gasteiger partial charge on any atom is 0.344 e. The number of nitrogens with zero attached hydrogens (tertiary/aromatic N) is 1. The van der Waals surface area contributed by atoms with Crippen LogP contribution in [0.4, 0.5) is 0 Å². The fourth-order valence-electron chi connectivity index (χ4n) is 2.18. The van der Waals surface area contributed by atoms with Crippen molar-refractivity contribution in [2.45, 2.75) is 40.7 Å². The Morgan fingerprint density at radius 2 is 1.82 bits per heavy atom. The molecule has 0 fully saturated rings. The zero-order chi connectivity index (χ0) is 16.4. The average molecular weight is 301 g/mol. The number of carbonyl (C=O) groups is 2. The second-order valence-electron chi connectivity index (χ2n) is 5.41. The number of rotatable bonds is 4. The molecule has 1 aromatic heterocycles. The molecule has 0 radical (unpaired) electrons. The lowest BCUT2D eigenvalue weighted by Gasteiger charge is -2.13. The molecule has 2 aromatic rings. The molecule has 1 unspecified atom stereocenters. The number of esters is 1. The maximum absolute atomic E-state index is 12.4. The fourth-order valence-corrected chi connectivity index (χ4v) is 2.18. The number of aromatic nitrogens is 1. The van der Waals surface area contributed by atoms with Crippen molar-refractivity contribution in [3.05, 3.63) is 51.9 Å². The molecule has 5 nitrogen and oxygen atoms in total. The number of carbonyl (C=O) groups excluding carboxylic acids is 2. The summed E-state index contributed by atoms with van der Waals surface area (Å²) < 4.78 is 10.2. The largest absolute Gasteiger partial charge is 0.451 e. The summed E-state index contributed by atoms with van der Waals surface area (Å²) in [6.07, 6.45) is -0.872. The first-order valence-corrected chi connectivity index (χ1v) is 7.06. The predicted octanol–water partition coefficient (Wildman–Crippen LogP) is 3.34. The van der Waals surface area contributed by atoms with Crippen LogP contribution in [-0.2, 0) is 4.74 Å². The summed E-state index contributed by atoms with van der Waals surface area (Å²) in [6.45, 7) is 8.76. The van der Waals surface area contributed by atoms with Crippen molar-refractivity contribution in [1.29, 1.82) is 0 Å². The van der Waals surface area contributed by atoms with Gasteiger partial charge in [-0.25, -0.2) is 4.79 Å². The quantitative estimate of drug-likeness (QED) is 0.640. The molecule has 1 aromatic carbocycles. The van der Waals surface area contributed by atoms with E-state index in [0.717, 1.165) is 11.1 Å². The van der Waals surface area contributed by atoms with Gasteiger partial charge in [-0.2, -0.15) is 0 Å². The fraction of sp³-hybridized carbons (Fsp3) is 0.353. The van der Waals surface area contributed by atoms with E-state index in [1.54, 1.807) is 32.9 Å². The summed E-state index contributed by atoms with van der Waals surface area (Å²) in [5.74, 6) is -0.447. The highest BCUT2D eigenvalue weighted by molar-refractivity contribution is 6.01. The minimum Gasteiger partial charge on any atom is -0.451 e. The topological polar surface area (TPSA) is 69.4 Å². The van der Waals surface area contributed by atoms with Crippen molar-refractivity contribution < 1.29 is 18.8 Å². The lowest BCUT2D eigenvalue weighted by atomic mass is 10.0. The Labute approximate surface area is 129 Å². The van der Waals surface area contributed by atoms with Crippen molar-refractivity contribution in [3.63, 3.8) is 0 Å². The molecular formula is C17H19NO4. The standard InChI is InChI=1S/C17H19NO4/c1-9-6-7-14(8-10(9)2)16(19)13(5)21-17(20)15-11(3)18-22-12(15)4/h6-8,13H,1-5H3. The Bertz CT molecular complexity index is 711. The molecule has 0 spiro atoms. The molecular weight excluding hydrogens is 282 g/mol. The van der Waals surface area contributed by atoms with Crippen LogP contribution in [0.15, 0.2) is 22.7 Å². The summed E-state index contributed by atoms with van der Waals surface area (Å²) >= 11 is 0.